The summed E-state index contributed by atoms with van der Waals surface area (Å²) in [5, 5.41) is 14.4. The number of ether oxygens (including phenoxy) is 1. The van der Waals surface area contributed by atoms with Gasteiger partial charge in [-0.3, -0.25) is 9.59 Å². The smallest absolute Gasteiger partial charge is 0.306 e. The summed E-state index contributed by atoms with van der Waals surface area (Å²) in [4.78, 5) is 33.0. The van der Waals surface area contributed by atoms with E-state index in [2.05, 4.69) is 15.3 Å². The molecule has 2 aromatic heterocycles. The molecule has 1 N–H and O–H groups in total. The van der Waals surface area contributed by atoms with Gasteiger partial charge < -0.3 is 10.1 Å². The third-order valence-electron chi connectivity index (χ3n) is 3.86. The van der Waals surface area contributed by atoms with Gasteiger partial charge in [-0.25, -0.2) is 9.97 Å². The summed E-state index contributed by atoms with van der Waals surface area (Å²) in [6.07, 6.45) is 1.53. The molecule has 0 spiro atoms. The van der Waals surface area contributed by atoms with E-state index in [4.69, 9.17) is 10.00 Å². The van der Waals surface area contributed by atoms with Crippen LogP contribution in [0.4, 0.5) is 5.00 Å². The minimum Gasteiger partial charge on any atom is -0.453 e. The van der Waals surface area contributed by atoms with Gasteiger partial charge in [-0.15, -0.1) is 11.3 Å². The number of hydrogen-bond donors (Lipinski definition) is 1. The summed E-state index contributed by atoms with van der Waals surface area (Å²) >= 11 is 2.71. The van der Waals surface area contributed by atoms with Crippen LogP contribution in [-0.4, -0.2) is 34.2 Å². The number of carbonyl (C=O) groups excluding carboxylic acids is 2. The quantitative estimate of drug-likeness (QED) is 0.429. The Morgan fingerprint density at radius 1 is 1.37 bits per heavy atom. The zero-order valence-corrected chi connectivity index (χ0v) is 17.2. The fourth-order valence-electron chi connectivity index (χ4n) is 2.41. The zero-order chi connectivity index (χ0) is 20.0. The van der Waals surface area contributed by atoms with E-state index in [1.807, 2.05) is 26.2 Å². The maximum Gasteiger partial charge on any atom is 0.306 e. The first kappa shape index (κ1) is 20.9. The minimum absolute atomic E-state index is 0.129. The maximum absolute atomic E-state index is 12.2. The molecule has 9 heteroatoms. The molecule has 2 rings (SSSR count). The van der Waals surface area contributed by atoms with Crippen LogP contribution in [0.2, 0.25) is 0 Å². The molecule has 7 nitrogen and oxygen atoms in total. The fourth-order valence-corrected chi connectivity index (χ4v) is 3.60. The van der Waals surface area contributed by atoms with Crippen LogP contribution < -0.4 is 5.32 Å². The molecular formula is C18H20N4O3S2. The molecule has 0 unspecified atom stereocenters. The number of aryl methyl sites for hydroxylation is 2. The maximum atomic E-state index is 12.2. The first-order chi connectivity index (χ1) is 12.8. The van der Waals surface area contributed by atoms with Crippen molar-refractivity contribution in [1.29, 1.82) is 5.26 Å². The van der Waals surface area contributed by atoms with E-state index in [1.54, 1.807) is 11.4 Å². The third kappa shape index (κ3) is 5.52. The Kier molecular flexibility index (Phi) is 7.33. The van der Waals surface area contributed by atoms with Crippen molar-refractivity contribution in [2.45, 2.75) is 44.9 Å². The Labute approximate surface area is 166 Å². The number of carbonyl (C=O) groups is 2. The second kappa shape index (κ2) is 9.48. The van der Waals surface area contributed by atoms with Gasteiger partial charge in [0.25, 0.3) is 5.91 Å². The van der Waals surface area contributed by atoms with E-state index >= 15 is 0 Å². The highest BCUT2D eigenvalue weighted by molar-refractivity contribution is 7.98. The lowest BCUT2D eigenvalue weighted by atomic mass is 10.1. The molecule has 0 saturated carbocycles. The standard InChI is InChI=1S/C18H20N4O3S2/c1-10-14(11(2)21-18(20-10)26-4)5-6-15(23)25-12(3)16(24)22-17-13(9-19)7-8-27-17/h7-8,12H,5-6H2,1-4H3,(H,22,24)/t12-/m1/s1. The van der Waals surface area contributed by atoms with Crippen LogP contribution in [-0.2, 0) is 20.7 Å². The molecule has 0 aliphatic carbocycles. The van der Waals surface area contributed by atoms with E-state index in [9.17, 15) is 9.59 Å². The number of esters is 1. The molecule has 0 aromatic carbocycles. The van der Waals surface area contributed by atoms with E-state index < -0.39 is 18.0 Å². The summed E-state index contributed by atoms with van der Waals surface area (Å²) in [6.45, 7) is 5.28. The van der Waals surface area contributed by atoms with Gasteiger partial charge in [0.15, 0.2) is 11.3 Å². The van der Waals surface area contributed by atoms with Crippen LogP contribution in [0.3, 0.4) is 0 Å². The Balaban J connectivity index is 1.90. The molecule has 0 bridgehead atoms. The van der Waals surface area contributed by atoms with Crippen molar-refractivity contribution >= 4 is 40.0 Å². The second-order valence-electron chi connectivity index (χ2n) is 5.76. The zero-order valence-electron chi connectivity index (χ0n) is 15.5. The van der Waals surface area contributed by atoms with Crippen molar-refractivity contribution in [3.8, 4) is 6.07 Å². The van der Waals surface area contributed by atoms with Crippen LogP contribution in [0.1, 0.15) is 35.9 Å². The molecule has 1 amide bonds. The van der Waals surface area contributed by atoms with Gasteiger partial charge in [-0.05, 0) is 50.5 Å². The number of thioether (sulfide) groups is 1. The molecule has 1 atom stereocenters. The second-order valence-corrected chi connectivity index (χ2v) is 7.45. The molecular weight excluding hydrogens is 384 g/mol. The number of aromatic nitrogens is 2. The van der Waals surface area contributed by atoms with Gasteiger partial charge >= 0.3 is 5.97 Å². The Morgan fingerprint density at radius 2 is 2.04 bits per heavy atom. The molecule has 0 saturated heterocycles. The van der Waals surface area contributed by atoms with Crippen molar-refractivity contribution in [3.05, 3.63) is 34.0 Å². The predicted octanol–water partition coefficient (Wildman–Crippen LogP) is 3.25. The lowest BCUT2D eigenvalue weighted by molar-refractivity contribution is -0.153. The largest absolute Gasteiger partial charge is 0.453 e. The van der Waals surface area contributed by atoms with Gasteiger partial charge in [0, 0.05) is 17.8 Å². The van der Waals surface area contributed by atoms with Gasteiger partial charge in [0.05, 0.1) is 5.56 Å². The van der Waals surface area contributed by atoms with Crippen LogP contribution >= 0.6 is 23.1 Å². The Hall–Kier alpha value is -2.44. The van der Waals surface area contributed by atoms with Gasteiger partial charge in [0.2, 0.25) is 0 Å². The van der Waals surface area contributed by atoms with Crippen molar-refractivity contribution < 1.29 is 14.3 Å². The molecule has 27 heavy (non-hydrogen) atoms. The number of anilines is 1. The molecule has 142 valence electrons. The molecule has 2 heterocycles. The van der Waals surface area contributed by atoms with Crippen molar-refractivity contribution in [3.63, 3.8) is 0 Å². The third-order valence-corrected chi connectivity index (χ3v) is 5.24. The minimum atomic E-state index is -0.955. The van der Waals surface area contributed by atoms with Crippen molar-refractivity contribution in [2.75, 3.05) is 11.6 Å². The van der Waals surface area contributed by atoms with E-state index in [-0.39, 0.29) is 6.42 Å². The fraction of sp³-hybridized carbons (Fsp3) is 0.389. The van der Waals surface area contributed by atoms with Gasteiger partial charge in [0.1, 0.15) is 11.1 Å². The van der Waals surface area contributed by atoms with Crippen LogP contribution in [0.25, 0.3) is 0 Å². The molecule has 0 aliphatic heterocycles. The number of nitriles is 1. The summed E-state index contributed by atoms with van der Waals surface area (Å²) in [6, 6.07) is 3.61. The normalized spacial score (nSPS) is 11.5. The van der Waals surface area contributed by atoms with Gasteiger partial charge in [-0.1, -0.05) is 11.8 Å². The van der Waals surface area contributed by atoms with E-state index in [1.165, 1.54) is 30.0 Å². The molecule has 0 fully saturated rings. The predicted molar refractivity (Wildman–Crippen MR) is 105 cm³/mol. The molecule has 0 aliphatic rings. The highest BCUT2D eigenvalue weighted by Gasteiger charge is 2.20. The lowest BCUT2D eigenvalue weighted by Crippen LogP contribution is -2.30. The number of nitrogens with zero attached hydrogens (tertiary/aromatic N) is 3. The Bertz CT molecular complexity index is 866. The summed E-state index contributed by atoms with van der Waals surface area (Å²) in [5.41, 5.74) is 2.98. The first-order valence-electron chi connectivity index (χ1n) is 8.21. The highest BCUT2D eigenvalue weighted by atomic mass is 32.2. The number of thiophene rings is 1. The lowest BCUT2D eigenvalue weighted by Gasteiger charge is -2.14. The summed E-state index contributed by atoms with van der Waals surface area (Å²) < 4.78 is 5.21. The SMILES string of the molecule is CSc1nc(C)c(CCC(=O)O[C@H](C)C(=O)Nc2sccc2C#N)c(C)n1. The van der Waals surface area contributed by atoms with Crippen molar-refractivity contribution in [1.82, 2.24) is 9.97 Å². The van der Waals surface area contributed by atoms with E-state index in [0.717, 1.165) is 17.0 Å². The average molecular weight is 405 g/mol. The Morgan fingerprint density at radius 3 is 2.63 bits per heavy atom. The van der Waals surface area contributed by atoms with Crippen LogP contribution in [0.15, 0.2) is 16.6 Å². The number of rotatable bonds is 7. The van der Waals surface area contributed by atoms with Crippen molar-refractivity contribution in [2.24, 2.45) is 0 Å². The average Bonchev–Trinajstić information content (AvgIpc) is 3.07. The topological polar surface area (TPSA) is 105 Å². The first-order valence-corrected chi connectivity index (χ1v) is 10.3. The molecule has 0 radical (unpaired) electrons. The number of amides is 1. The van der Waals surface area contributed by atoms with Crippen LogP contribution in [0.5, 0.6) is 0 Å². The number of nitrogens with one attached hydrogen (secondary N) is 1. The highest BCUT2D eigenvalue weighted by Crippen LogP contribution is 2.22. The molecule has 2 aromatic rings. The van der Waals surface area contributed by atoms with Gasteiger partial charge in [-0.2, -0.15) is 5.26 Å². The summed E-state index contributed by atoms with van der Waals surface area (Å²) in [7, 11) is 0. The number of hydrogen-bond acceptors (Lipinski definition) is 8. The van der Waals surface area contributed by atoms with Crippen LogP contribution in [0, 0.1) is 25.2 Å². The monoisotopic (exact) mass is 404 g/mol. The summed E-state index contributed by atoms with van der Waals surface area (Å²) in [5.74, 6) is -0.945. The van der Waals surface area contributed by atoms with E-state index in [0.29, 0.717) is 22.1 Å².